The first-order valence-electron chi connectivity index (χ1n) is 8.84. The van der Waals surface area contributed by atoms with E-state index in [1.165, 1.54) is 19.3 Å². The van der Waals surface area contributed by atoms with E-state index in [1.54, 1.807) is 0 Å². The predicted octanol–water partition coefficient (Wildman–Crippen LogP) is 3.94. The lowest BCUT2D eigenvalue weighted by Crippen LogP contribution is -2.54. The summed E-state index contributed by atoms with van der Waals surface area (Å²) in [6.07, 6.45) is 5.81. The second-order valence-corrected chi connectivity index (χ2v) is 8.84. The fourth-order valence-electron chi connectivity index (χ4n) is 3.84. The fraction of sp³-hybridized carbons (Fsp3) is 0.944. The van der Waals surface area contributed by atoms with Gasteiger partial charge >= 0.3 is 6.09 Å². The highest BCUT2D eigenvalue weighted by Gasteiger charge is 2.38. The molecule has 2 rings (SSSR count). The minimum Gasteiger partial charge on any atom is -0.444 e. The van der Waals surface area contributed by atoms with E-state index in [4.69, 9.17) is 4.74 Å². The van der Waals surface area contributed by atoms with E-state index < -0.39 is 5.60 Å². The van der Waals surface area contributed by atoms with Crippen molar-refractivity contribution in [2.24, 2.45) is 5.41 Å². The first kappa shape index (κ1) is 17.6. The van der Waals surface area contributed by atoms with Gasteiger partial charge in [-0.3, -0.25) is 0 Å². The molecule has 1 aliphatic carbocycles. The van der Waals surface area contributed by atoms with Crippen molar-refractivity contribution in [3.8, 4) is 0 Å². The molecule has 3 unspecified atom stereocenters. The maximum absolute atomic E-state index is 12.3. The molecule has 0 bridgehead atoms. The number of amides is 1. The molecule has 1 saturated heterocycles. The molecule has 0 aromatic carbocycles. The van der Waals surface area contributed by atoms with Crippen LogP contribution in [0.15, 0.2) is 0 Å². The minimum atomic E-state index is -0.417. The zero-order valence-electron chi connectivity index (χ0n) is 15.2. The third-order valence-corrected chi connectivity index (χ3v) is 5.20. The topological polar surface area (TPSA) is 41.6 Å². The number of carbonyl (C=O) groups is 1. The summed E-state index contributed by atoms with van der Waals surface area (Å²) in [4.78, 5) is 14.2. The first-order valence-corrected chi connectivity index (χ1v) is 8.84. The maximum atomic E-state index is 12.3. The van der Waals surface area contributed by atoms with Crippen molar-refractivity contribution in [1.82, 2.24) is 10.2 Å². The smallest absolute Gasteiger partial charge is 0.410 e. The number of hydrogen-bond donors (Lipinski definition) is 1. The van der Waals surface area contributed by atoms with Crippen molar-refractivity contribution in [3.63, 3.8) is 0 Å². The van der Waals surface area contributed by atoms with Gasteiger partial charge in [-0.1, -0.05) is 20.3 Å². The van der Waals surface area contributed by atoms with Crippen LogP contribution >= 0.6 is 0 Å². The van der Waals surface area contributed by atoms with Crippen molar-refractivity contribution >= 4 is 6.09 Å². The molecule has 3 atom stereocenters. The second kappa shape index (κ2) is 6.38. The highest BCUT2D eigenvalue weighted by Crippen LogP contribution is 2.38. The normalized spacial score (nSPS) is 32.1. The molecule has 0 spiro atoms. The number of likely N-dealkylation sites (tertiary alicyclic amines) is 1. The molecule has 1 N–H and O–H groups in total. The molecule has 1 amide bonds. The summed E-state index contributed by atoms with van der Waals surface area (Å²) < 4.78 is 5.52. The monoisotopic (exact) mass is 310 g/mol. The molecule has 2 fully saturated rings. The number of rotatable bonds is 2. The van der Waals surface area contributed by atoms with Crippen LogP contribution in [0.4, 0.5) is 4.79 Å². The van der Waals surface area contributed by atoms with Crippen LogP contribution in [0.25, 0.3) is 0 Å². The zero-order valence-corrected chi connectivity index (χ0v) is 15.2. The molecule has 0 aromatic heterocycles. The Hall–Kier alpha value is -0.770. The first-order chi connectivity index (χ1) is 10.1. The van der Waals surface area contributed by atoms with Gasteiger partial charge in [0.2, 0.25) is 0 Å². The van der Waals surface area contributed by atoms with Crippen LogP contribution in [0.2, 0.25) is 0 Å². The van der Waals surface area contributed by atoms with Gasteiger partial charge in [-0.2, -0.15) is 0 Å². The molecule has 2 aliphatic rings. The Morgan fingerprint density at radius 3 is 2.45 bits per heavy atom. The van der Waals surface area contributed by atoms with Crippen LogP contribution in [0.3, 0.4) is 0 Å². The molecule has 1 heterocycles. The Morgan fingerprint density at radius 2 is 1.95 bits per heavy atom. The van der Waals surface area contributed by atoms with E-state index >= 15 is 0 Å². The van der Waals surface area contributed by atoms with Gasteiger partial charge in [0.25, 0.3) is 0 Å². The SMILES string of the molecule is CC1CC(NC2CCCC2(C)C)CCN1C(=O)OC(C)(C)C. The number of nitrogens with zero attached hydrogens (tertiary/aromatic N) is 1. The third kappa shape index (κ3) is 4.37. The van der Waals surface area contributed by atoms with Crippen molar-refractivity contribution in [2.75, 3.05) is 6.54 Å². The predicted molar refractivity (Wildman–Crippen MR) is 90.0 cm³/mol. The summed E-state index contributed by atoms with van der Waals surface area (Å²) in [7, 11) is 0. The van der Waals surface area contributed by atoms with Crippen molar-refractivity contribution in [1.29, 1.82) is 0 Å². The molecule has 22 heavy (non-hydrogen) atoms. The number of ether oxygens (including phenoxy) is 1. The largest absolute Gasteiger partial charge is 0.444 e. The van der Waals surface area contributed by atoms with Gasteiger partial charge in [-0.05, 0) is 58.8 Å². The Balaban J connectivity index is 1.86. The lowest BCUT2D eigenvalue weighted by Gasteiger charge is -2.41. The van der Waals surface area contributed by atoms with E-state index in [0.29, 0.717) is 17.5 Å². The van der Waals surface area contributed by atoms with Gasteiger partial charge in [0.1, 0.15) is 5.60 Å². The molecule has 1 saturated carbocycles. The molecule has 0 aromatic rings. The van der Waals surface area contributed by atoms with Gasteiger partial charge in [0.05, 0.1) is 0 Å². The fourth-order valence-corrected chi connectivity index (χ4v) is 3.84. The Morgan fingerprint density at radius 1 is 1.27 bits per heavy atom. The Kier molecular flexibility index (Phi) is 5.10. The lowest BCUT2D eigenvalue weighted by molar-refractivity contribution is 0.00844. The van der Waals surface area contributed by atoms with Crippen molar-refractivity contribution < 1.29 is 9.53 Å². The molecular weight excluding hydrogens is 276 g/mol. The van der Waals surface area contributed by atoms with E-state index in [0.717, 1.165) is 19.4 Å². The molecular formula is C18H34N2O2. The maximum Gasteiger partial charge on any atom is 0.410 e. The van der Waals surface area contributed by atoms with Gasteiger partial charge in [0.15, 0.2) is 0 Å². The van der Waals surface area contributed by atoms with E-state index in [1.807, 2.05) is 25.7 Å². The van der Waals surface area contributed by atoms with E-state index in [9.17, 15) is 4.79 Å². The van der Waals surface area contributed by atoms with Crippen molar-refractivity contribution in [3.05, 3.63) is 0 Å². The van der Waals surface area contributed by atoms with E-state index in [-0.39, 0.29) is 12.1 Å². The van der Waals surface area contributed by atoms with Crippen LogP contribution in [0.1, 0.15) is 73.6 Å². The minimum absolute atomic E-state index is 0.167. The standard InChI is InChI=1S/C18H34N2O2/c1-13-12-14(19-15-8-7-10-18(15,5)6)9-11-20(13)16(21)22-17(2,3)4/h13-15,19H,7-12H2,1-6H3. The van der Waals surface area contributed by atoms with Gasteiger partial charge in [0, 0.05) is 24.7 Å². The zero-order chi connectivity index (χ0) is 16.5. The third-order valence-electron chi connectivity index (χ3n) is 5.20. The summed E-state index contributed by atoms with van der Waals surface area (Å²) in [5, 5.41) is 3.87. The van der Waals surface area contributed by atoms with Crippen LogP contribution in [-0.4, -0.2) is 41.3 Å². The summed E-state index contributed by atoms with van der Waals surface area (Å²) in [5.74, 6) is 0. The van der Waals surface area contributed by atoms with Crippen LogP contribution in [0.5, 0.6) is 0 Å². The molecule has 1 aliphatic heterocycles. The van der Waals surface area contributed by atoms with Crippen LogP contribution in [0, 0.1) is 5.41 Å². The number of nitrogens with one attached hydrogen (secondary N) is 1. The van der Waals surface area contributed by atoms with Gasteiger partial charge in [-0.25, -0.2) is 4.79 Å². The lowest BCUT2D eigenvalue weighted by atomic mass is 9.86. The number of carbonyl (C=O) groups excluding carboxylic acids is 1. The van der Waals surface area contributed by atoms with E-state index in [2.05, 4.69) is 26.1 Å². The number of piperidine rings is 1. The summed E-state index contributed by atoms with van der Waals surface area (Å²) >= 11 is 0. The second-order valence-electron chi connectivity index (χ2n) is 8.84. The van der Waals surface area contributed by atoms with Crippen molar-refractivity contribution in [2.45, 2.75) is 97.4 Å². The summed E-state index contributed by atoms with van der Waals surface area (Å²) in [5.41, 5.74) is -0.00862. The van der Waals surface area contributed by atoms with Crippen LogP contribution < -0.4 is 5.32 Å². The molecule has 4 heteroatoms. The quantitative estimate of drug-likeness (QED) is 0.840. The molecule has 128 valence electrons. The number of hydrogen-bond acceptors (Lipinski definition) is 3. The highest BCUT2D eigenvalue weighted by atomic mass is 16.6. The average Bonchev–Trinajstić information content (AvgIpc) is 2.66. The van der Waals surface area contributed by atoms with Gasteiger partial charge in [-0.15, -0.1) is 0 Å². The van der Waals surface area contributed by atoms with Crippen LogP contribution in [-0.2, 0) is 4.74 Å². The Labute approximate surface area is 136 Å². The summed E-state index contributed by atoms with van der Waals surface area (Å²) in [6.45, 7) is 13.4. The van der Waals surface area contributed by atoms with Gasteiger partial charge < -0.3 is 15.0 Å². The summed E-state index contributed by atoms with van der Waals surface area (Å²) in [6, 6.07) is 1.39. The highest BCUT2D eigenvalue weighted by molar-refractivity contribution is 5.68. The average molecular weight is 310 g/mol. The Bertz CT molecular complexity index is 400. The molecule has 4 nitrogen and oxygen atoms in total. The molecule has 0 radical (unpaired) electrons.